The van der Waals surface area contributed by atoms with Crippen LogP contribution >= 0.6 is 0 Å². The van der Waals surface area contributed by atoms with Crippen LogP contribution in [0, 0.1) is 0 Å². The van der Waals surface area contributed by atoms with E-state index in [0.29, 0.717) is 19.1 Å². The van der Waals surface area contributed by atoms with Crippen molar-refractivity contribution < 1.29 is 13.2 Å². The summed E-state index contributed by atoms with van der Waals surface area (Å²) in [6.45, 7) is 6.66. The molecule has 0 radical (unpaired) electrons. The normalized spacial score (nSPS) is 14.2. The second kappa shape index (κ2) is 8.85. The van der Waals surface area contributed by atoms with Gasteiger partial charge in [0.2, 0.25) is 10.0 Å². The molecular weight excluding hydrogens is 240 g/mol. The van der Waals surface area contributed by atoms with Crippen molar-refractivity contribution in [2.75, 3.05) is 39.6 Å². The molecule has 0 saturated heterocycles. The molecule has 0 aromatic carbocycles. The van der Waals surface area contributed by atoms with Crippen LogP contribution < -0.4 is 5.32 Å². The van der Waals surface area contributed by atoms with Crippen molar-refractivity contribution in [3.63, 3.8) is 0 Å². The molecule has 0 aliphatic heterocycles. The summed E-state index contributed by atoms with van der Waals surface area (Å²) >= 11 is 0. The number of nitrogens with one attached hydrogen (secondary N) is 1. The first-order chi connectivity index (χ1) is 7.91. The lowest BCUT2D eigenvalue weighted by Gasteiger charge is -2.18. The number of hydrogen-bond donors (Lipinski definition) is 1. The summed E-state index contributed by atoms with van der Waals surface area (Å²) in [5, 5.41) is 3.35. The number of hydrogen-bond acceptors (Lipinski definition) is 4. The number of methoxy groups -OCH3 is 1. The predicted octanol–water partition coefficient (Wildman–Crippen LogP) is 0.673. The Labute approximate surface area is 106 Å². The Hall–Kier alpha value is -0.170. The molecule has 0 aromatic heterocycles. The molecule has 0 fully saturated rings. The monoisotopic (exact) mass is 266 g/mol. The third-order valence-electron chi connectivity index (χ3n) is 2.65. The Morgan fingerprint density at radius 2 is 2.06 bits per heavy atom. The first-order valence-electron chi connectivity index (χ1n) is 6.09. The van der Waals surface area contributed by atoms with E-state index in [1.165, 1.54) is 10.6 Å². The number of rotatable bonds is 10. The first-order valence-corrected chi connectivity index (χ1v) is 7.94. The van der Waals surface area contributed by atoms with Gasteiger partial charge in [-0.1, -0.05) is 6.92 Å². The zero-order valence-electron chi connectivity index (χ0n) is 11.4. The number of nitrogens with zero attached hydrogens (tertiary/aromatic N) is 1. The second-order valence-electron chi connectivity index (χ2n) is 4.24. The Balaban J connectivity index is 3.69. The average molecular weight is 266 g/mol. The van der Waals surface area contributed by atoms with E-state index in [1.807, 2.05) is 6.92 Å². The summed E-state index contributed by atoms with van der Waals surface area (Å²) in [5.74, 6) is 0. The zero-order valence-corrected chi connectivity index (χ0v) is 12.2. The minimum Gasteiger partial charge on any atom is -0.385 e. The molecule has 0 aromatic rings. The van der Waals surface area contributed by atoms with Gasteiger partial charge in [0.15, 0.2) is 0 Å². The molecule has 0 bridgehead atoms. The van der Waals surface area contributed by atoms with Gasteiger partial charge in [-0.05, 0) is 26.3 Å². The van der Waals surface area contributed by atoms with Crippen molar-refractivity contribution in [1.82, 2.24) is 9.62 Å². The molecule has 0 heterocycles. The molecule has 0 aliphatic carbocycles. The van der Waals surface area contributed by atoms with Gasteiger partial charge in [0.05, 0.1) is 6.26 Å². The van der Waals surface area contributed by atoms with Crippen molar-refractivity contribution in [2.45, 2.75) is 32.7 Å². The summed E-state index contributed by atoms with van der Waals surface area (Å²) in [7, 11) is -1.35. The Bertz CT molecular complexity index is 280. The lowest BCUT2D eigenvalue weighted by atomic mass is 10.2. The maximum atomic E-state index is 11.3. The van der Waals surface area contributed by atoms with E-state index in [-0.39, 0.29) is 0 Å². The van der Waals surface area contributed by atoms with Gasteiger partial charge in [0.25, 0.3) is 0 Å². The van der Waals surface area contributed by atoms with Crippen LogP contribution in [0.25, 0.3) is 0 Å². The highest BCUT2D eigenvalue weighted by Crippen LogP contribution is 1.99. The van der Waals surface area contributed by atoms with Gasteiger partial charge >= 0.3 is 0 Å². The van der Waals surface area contributed by atoms with Crippen LogP contribution in [-0.4, -0.2) is 58.4 Å². The van der Waals surface area contributed by atoms with E-state index in [0.717, 1.165) is 26.0 Å². The van der Waals surface area contributed by atoms with Gasteiger partial charge in [-0.2, -0.15) is 0 Å². The summed E-state index contributed by atoms with van der Waals surface area (Å²) in [5.41, 5.74) is 0. The van der Waals surface area contributed by atoms with Crippen LogP contribution in [0.3, 0.4) is 0 Å². The Kier molecular flexibility index (Phi) is 8.77. The quantitative estimate of drug-likeness (QED) is 0.591. The highest BCUT2D eigenvalue weighted by molar-refractivity contribution is 7.88. The van der Waals surface area contributed by atoms with Crippen molar-refractivity contribution in [1.29, 1.82) is 0 Å². The van der Waals surface area contributed by atoms with Crippen LogP contribution in [0.5, 0.6) is 0 Å². The minimum atomic E-state index is -3.04. The molecule has 0 rings (SSSR count). The van der Waals surface area contributed by atoms with E-state index in [9.17, 15) is 8.42 Å². The molecule has 17 heavy (non-hydrogen) atoms. The summed E-state index contributed by atoms with van der Waals surface area (Å²) in [4.78, 5) is 0. The van der Waals surface area contributed by atoms with E-state index in [1.54, 1.807) is 7.11 Å². The van der Waals surface area contributed by atoms with Gasteiger partial charge in [-0.3, -0.25) is 0 Å². The van der Waals surface area contributed by atoms with Crippen molar-refractivity contribution >= 4 is 10.0 Å². The summed E-state index contributed by atoms with van der Waals surface area (Å²) in [6.07, 6.45) is 3.06. The highest BCUT2D eigenvalue weighted by atomic mass is 32.2. The molecule has 0 amide bonds. The van der Waals surface area contributed by atoms with Crippen LogP contribution in [0.2, 0.25) is 0 Å². The fourth-order valence-electron chi connectivity index (χ4n) is 1.56. The third-order valence-corrected chi connectivity index (χ3v) is 4.03. The fraction of sp³-hybridized carbons (Fsp3) is 1.00. The Morgan fingerprint density at radius 1 is 1.41 bits per heavy atom. The van der Waals surface area contributed by atoms with E-state index < -0.39 is 10.0 Å². The summed E-state index contributed by atoms with van der Waals surface area (Å²) < 4.78 is 29.1. The van der Waals surface area contributed by atoms with Crippen LogP contribution in [0.15, 0.2) is 0 Å². The lowest BCUT2D eigenvalue weighted by molar-refractivity contribution is 0.185. The van der Waals surface area contributed by atoms with Crippen LogP contribution in [0.4, 0.5) is 0 Å². The first kappa shape index (κ1) is 16.8. The maximum absolute atomic E-state index is 11.3. The average Bonchev–Trinajstić information content (AvgIpc) is 2.24. The van der Waals surface area contributed by atoms with Gasteiger partial charge in [0.1, 0.15) is 0 Å². The van der Waals surface area contributed by atoms with Crippen molar-refractivity contribution in [2.24, 2.45) is 0 Å². The number of sulfonamides is 1. The van der Waals surface area contributed by atoms with Gasteiger partial charge < -0.3 is 10.1 Å². The largest absolute Gasteiger partial charge is 0.385 e. The molecule has 1 N–H and O–H groups in total. The fourth-order valence-corrected chi connectivity index (χ4v) is 2.49. The highest BCUT2D eigenvalue weighted by Gasteiger charge is 2.13. The van der Waals surface area contributed by atoms with Gasteiger partial charge in [-0.15, -0.1) is 0 Å². The maximum Gasteiger partial charge on any atom is 0.211 e. The van der Waals surface area contributed by atoms with E-state index >= 15 is 0 Å². The molecule has 104 valence electrons. The van der Waals surface area contributed by atoms with Gasteiger partial charge in [0, 0.05) is 32.8 Å². The topological polar surface area (TPSA) is 58.6 Å². The molecule has 1 atom stereocenters. The Morgan fingerprint density at radius 3 is 2.53 bits per heavy atom. The smallest absolute Gasteiger partial charge is 0.211 e. The molecule has 1 unspecified atom stereocenters. The predicted molar refractivity (Wildman–Crippen MR) is 70.7 cm³/mol. The zero-order chi connectivity index (χ0) is 13.3. The van der Waals surface area contributed by atoms with Crippen molar-refractivity contribution in [3.05, 3.63) is 0 Å². The second-order valence-corrected chi connectivity index (χ2v) is 6.23. The molecule has 6 heteroatoms. The lowest BCUT2D eigenvalue weighted by Crippen LogP contribution is -2.34. The summed E-state index contributed by atoms with van der Waals surface area (Å²) in [6, 6.07) is 0.406. The third kappa shape index (κ3) is 8.54. The van der Waals surface area contributed by atoms with Gasteiger partial charge in [-0.25, -0.2) is 12.7 Å². The number of ether oxygens (including phenoxy) is 1. The molecule has 0 spiro atoms. The van der Waals surface area contributed by atoms with Crippen LogP contribution in [0.1, 0.15) is 26.7 Å². The standard InChI is InChI=1S/C11H26N2O3S/c1-5-13(17(4,14)15)9-6-8-12-11(2)7-10-16-3/h11-12H,5-10H2,1-4H3. The van der Waals surface area contributed by atoms with E-state index in [4.69, 9.17) is 4.74 Å². The minimum absolute atomic E-state index is 0.406. The molecule has 0 saturated carbocycles. The molecule has 5 nitrogen and oxygen atoms in total. The molecular formula is C11H26N2O3S. The van der Waals surface area contributed by atoms with Crippen molar-refractivity contribution in [3.8, 4) is 0 Å². The van der Waals surface area contributed by atoms with E-state index in [2.05, 4.69) is 12.2 Å². The van der Waals surface area contributed by atoms with Crippen LogP contribution in [-0.2, 0) is 14.8 Å². The molecule has 0 aliphatic rings. The SMILES string of the molecule is CCN(CCCNC(C)CCOC)S(C)(=O)=O.